The van der Waals surface area contributed by atoms with Gasteiger partial charge in [-0.05, 0) is 53.4 Å². The van der Waals surface area contributed by atoms with Crippen LogP contribution < -0.4 is 0 Å². The zero-order chi connectivity index (χ0) is 12.0. The number of rotatable bonds is 2. The van der Waals surface area contributed by atoms with Crippen LogP contribution in [0.1, 0.15) is 53.9 Å². The Morgan fingerprint density at radius 3 is 2.00 bits per heavy atom. The number of hydrogen-bond acceptors (Lipinski definition) is 2. The third kappa shape index (κ3) is 2.08. The second-order valence-corrected chi connectivity index (χ2v) is 6.16. The fourth-order valence-corrected chi connectivity index (χ4v) is 2.17. The molecule has 2 rings (SSSR count). The molecule has 2 nitrogen and oxygen atoms in total. The molecule has 2 aliphatic rings. The summed E-state index contributed by atoms with van der Waals surface area (Å²) in [6.07, 6.45) is 4.04. The van der Waals surface area contributed by atoms with E-state index in [0.29, 0.717) is 0 Å². The monoisotopic (exact) mass is 222 g/mol. The lowest BCUT2D eigenvalue weighted by molar-refractivity contribution is 0.00578. The van der Waals surface area contributed by atoms with Crippen LogP contribution in [0.4, 0.5) is 0 Å². The highest BCUT2D eigenvalue weighted by molar-refractivity contribution is 6.51. The molecular formula is C13H23BO2. The van der Waals surface area contributed by atoms with Crippen molar-refractivity contribution in [2.24, 2.45) is 5.92 Å². The summed E-state index contributed by atoms with van der Waals surface area (Å²) < 4.78 is 11.9. The van der Waals surface area contributed by atoms with Gasteiger partial charge in [-0.15, -0.1) is 0 Å². The smallest absolute Gasteiger partial charge is 0.400 e. The molecule has 0 radical (unpaired) electrons. The topological polar surface area (TPSA) is 18.5 Å². The number of allylic oxidation sites excluding steroid dienone is 1. The van der Waals surface area contributed by atoms with E-state index in [-0.39, 0.29) is 18.3 Å². The summed E-state index contributed by atoms with van der Waals surface area (Å²) in [5, 5.41) is 0. The van der Waals surface area contributed by atoms with E-state index >= 15 is 0 Å². The van der Waals surface area contributed by atoms with Crippen molar-refractivity contribution in [3.63, 3.8) is 0 Å². The van der Waals surface area contributed by atoms with E-state index in [4.69, 9.17) is 9.31 Å². The van der Waals surface area contributed by atoms with Gasteiger partial charge in [-0.3, -0.25) is 0 Å². The van der Waals surface area contributed by atoms with Crippen LogP contribution in [0.5, 0.6) is 0 Å². The molecule has 0 aromatic carbocycles. The lowest BCUT2D eigenvalue weighted by atomic mass is 9.75. The first-order valence-corrected chi connectivity index (χ1v) is 6.36. The molecule has 0 spiro atoms. The van der Waals surface area contributed by atoms with Crippen LogP contribution in [0.3, 0.4) is 0 Å². The summed E-state index contributed by atoms with van der Waals surface area (Å²) >= 11 is 0. The van der Waals surface area contributed by atoms with Gasteiger partial charge in [0.05, 0.1) is 11.2 Å². The van der Waals surface area contributed by atoms with Gasteiger partial charge in [0.2, 0.25) is 0 Å². The summed E-state index contributed by atoms with van der Waals surface area (Å²) in [4.78, 5) is 0. The minimum atomic E-state index is -0.214. The molecule has 1 aliphatic carbocycles. The fraction of sp³-hybridized carbons (Fsp3) is 0.846. The second kappa shape index (κ2) is 3.88. The molecule has 1 aliphatic heterocycles. The largest absolute Gasteiger partial charge is 0.487 e. The molecule has 0 N–H and O–H groups in total. The SMILES string of the molecule is C/C(=C/B1OC(C)(C)C(C)(C)O1)C1CCC1. The average Bonchev–Trinajstić information content (AvgIpc) is 2.14. The second-order valence-electron chi connectivity index (χ2n) is 6.16. The third-order valence-electron chi connectivity index (χ3n) is 4.42. The third-order valence-corrected chi connectivity index (χ3v) is 4.42. The molecule has 0 aromatic heterocycles. The van der Waals surface area contributed by atoms with Crippen molar-refractivity contribution in [2.45, 2.75) is 65.1 Å². The van der Waals surface area contributed by atoms with Crippen molar-refractivity contribution in [3.05, 3.63) is 11.5 Å². The Balaban J connectivity index is 2.03. The lowest BCUT2D eigenvalue weighted by Crippen LogP contribution is -2.41. The minimum absolute atomic E-state index is 0.161. The van der Waals surface area contributed by atoms with Crippen LogP contribution in [0.2, 0.25) is 0 Å². The zero-order valence-electron chi connectivity index (χ0n) is 11.2. The van der Waals surface area contributed by atoms with Crippen molar-refractivity contribution < 1.29 is 9.31 Å². The Morgan fingerprint density at radius 1 is 1.12 bits per heavy atom. The van der Waals surface area contributed by atoms with E-state index < -0.39 is 0 Å². The minimum Gasteiger partial charge on any atom is -0.400 e. The van der Waals surface area contributed by atoms with Gasteiger partial charge in [0.1, 0.15) is 0 Å². The summed E-state index contributed by atoms with van der Waals surface area (Å²) in [6, 6.07) is 0. The fourth-order valence-electron chi connectivity index (χ4n) is 2.17. The van der Waals surface area contributed by atoms with Crippen molar-refractivity contribution in [1.82, 2.24) is 0 Å². The molecule has 0 bridgehead atoms. The van der Waals surface area contributed by atoms with Crippen LogP contribution >= 0.6 is 0 Å². The van der Waals surface area contributed by atoms with Crippen LogP contribution in [0.15, 0.2) is 11.5 Å². The van der Waals surface area contributed by atoms with Gasteiger partial charge in [0, 0.05) is 0 Å². The first-order valence-electron chi connectivity index (χ1n) is 6.36. The van der Waals surface area contributed by atoms with E-state index in [2.05, 4.69) is 40.6 Å². The van der Waals surface area contributed by atoms with E-state index in [0.717, 1.165) is 5.92 Å². The summed E-state index contributed by atoms with van der Waals surface area (Å²) in [5.41, 5.74) is 1.01. The van der Waals surface area contributed by atoms with E-state index in [9.17, 15) is 0 Å². The summed E-state index contributed by atoms with van der Waals surface area (Å²) in [6.45, 7) is 10.6. The van der Waals surface area contributed by atoms with Gasteiger partial charge in [-0.25, -0.2) is 0 Å². The van der Waals surface area contributed by atoms with Crippen LogP contribution in [0.25, 0.3) is 0 Å². The Kier molecular flexibility index (Phi) is 2.96. The average molecular weight is 222 g/mol. The molecule has 1 saturated heterocycles. The van der Waals surface area contributed by atoms with E-state index in [1.54, 1.807) is 0 Å². The Bertz CT molecular complexity index is 287. The molecular weight excluding hydrogens is 199 g/mol. The van der Waals surface area contributed by atoms with Gasteiger partial charge in [-0.2, -0.15) is 0 Å². The molecule has 0 amide bonds. The van der Waals surface area contributed by atoms with Crippen molar-refractivity contribution in [2.75, 3.05) is 0 Å². The maximum atomic E-state index is 5.95. The predicted octanol–water partition coefficient (Wildman–Crippen LogP) is 3.36. The summed E-state index contributed by atoms with van der Waals surface area (Å²) in [5.74, 6) is 2.94. The maximum Gasteiger partial charge on any atom is 0.487 e. The van der Waals surface area contributed by atoms with Gasteiger partial charge >= 0.3 is 7.12 Å². The van der Waals surface area contributed by atoms with Crippen LogP contribution in [-0.4, -0.2) is 18.3 Å². The Labute approximate surface area is 99.5 Å². The number of hydrogen-bond donors (Lipinski definition) is 0. The molecule has 1 heterocycles. The highest BCUT2D eigenvalue weighted by Crippen LogP contribution is 2.38. The first-order chi connectivity index (χ1) is 7.32. The Morgan fingerprint density at radius 2 is 1.62 bits per heavy atom. The van der Waals surface area contributed by atoms with Crippen molar-refractivity contribution in [3.8, 4) is 0 Å². The molecule has 16 heavy (non-hydrogen) atoms. The highest BCUT2D eigenvalue weighted by atomic mass is 16.7. The Hall–Kier alpha value is -0.275. The molecule has 90 valence electrons. The van der Waals surface area contributed by atoms with E-state index in [1.807, 2.05) is 0 Å². The van der Waals surface area contributed by atoms with Gasteiger partial charge in [0.15, 0.2) is 0 Å². The van der Waals surface area contributed by atoms with Crippen LogP contribution in [-0.2, 0) is 9.31 Å². The quantitative estimate of drug-likeness (QED) is 0.667. The van der Waals surface area contributed by atoms with Gasteiger partial charge in [-0.1, -0.05) is 18.0 Å². The van der Waals surface area contributed by atoms with Crippen LogP contribution in [0, 0.1) is 5.92 Å². The normalized spacial score (nSPS) is 29.3. The molecule has 0 unspecified atom stereocenters. The molecule has 3 heteroatoms. The van der Waals surface area contributed by atoms with Gasteiger partial charge < -0.3 is 9.31 Å². The molecule has 0 atom stereocenters. The molecule has 0 aromatic rings. The highest BCUT2D eigenvalue weighted by Gasteiger charge is 2.50. The standard InChI is InChI=1S/C13H23BO2/c1-10(11-7-6-8-11)9-14-15-12(2,3)13(4,5)16-14/h9,11H,6-8H2,1-5H3/b10-9-. The maximum absolute atomic E-state index is 5.95. The van der Waals surface area contributed by atoms with Crippen molar-refractivity contribution in [1.29, 1.82) is 0 Å². The predicted molar refractivity (Wildman–Crippen MR) is 67.2 cm³/mol. The molecule has 1 saturated carbocycles. The lowest BCUT2D eigenvalue weighted by Gasteiger charge is -2.32. The first kappa shape index (κ1) is 12.2. The summed E-state index contributed by atoms with van der Waals surface area (Å²) in [7, 11) is -0.161. The zero-order valence-corrected chi connectivity index (χ0v) is 11.2. The van der Waals surface area contributed by atoms with Gasteiger partial charge in [0.25, 0.3) is 0 Å². The van der Waals surface area contributed by atoms with Crippen molar-refractivity contribution >= 4 is 7.12 Å². The molecule has 2 fully saturated rings. The van der Waals surface area contributed by atoms with E-state index in [1.165, 1.54) is 24.8 Å².